The number of nitrogens with zero attached hydrogens (tertiary/aromatic N) is 4. The number of hydrogen-bond acceptors (Lipinski definition) is 4. The number of anilines is 1. The molecule has 0 radical (unpaired) electrons. The molecule has 0 unspecified atom stereocenters. The van der Waals surface area contributed by atoms with Crippen molar-refractivity contribution in [1.29, 1.82) is 0 Å². The Balaban J connectivity index is 1.33. The molecular weight excluding hydrogens is 398 g/mol. The van der Waals surface area contributed by atoms with Crippen molar-refractivity contribution in [3.05, 3.63) is 59.8 Å². The van der Waals surface area contributed by atoms with E-state index < -0.39 is 0 Å². The van der Waals surface area contributed by atoms with Crippen LogP contribution in [0.15, 0.2) is 43.0 Å². The largest absolute Gasteiger partial charge is 0.310 e. The maximum Gasteiger partial charge on any atom is 0.228 e. The van der Waals surface area contributed by atoms with Gasteiger partial charge >= 0.3 is 0 Å². The zero-order chi connectivity index (χ0) is 22.3. The van der Waals surface area contributed by atoms with Crippen molar-refractivity contribution in [3.63, 3.8) is 0 Å². The average Bonchev–Trinajstić information content (AvgIpc) is 3.30. The first kappa shape index (κ1) is 20.9. The third-order valence-corrected chi connectivity index (χ3v) is 7.04. The maximum atomic E-state index is 13.1. The van der Waals surface area contributed by atoms with Crippen LogP contribution in [-0.4, -0.2) is 25.7 Å². The fraction of sp³-hybridized carbons (Fsp3) is 0.462. The predicted molar refractivity (Wildman–Crippen MR) is 125 cm³/mol. The molecule has 0 bridgehead atoms. The summed E-state index contributed by atoms with van der Waals surface area (Å²) < 4.78 is 2.12. The van der Waals surface area contributed by atoms with E-state index in [2.05, 4.69) is 58.0 Å². The molecule has 32 heavy (non-hydrogen) atoms. The minimum atomic E-state index is 0.00895. The van der Waals surface area contributed by atoms with Crippen molar-refractivity contribution in [2.24, 2.45) is 11.3 Å². The van der Waals surface area contributed by atoms with Crippen LogP contribution in [0.4, 0.5) is 5.82 Å². The minimum absolute atomic E-state index is 0.00895. The third-order valence-electron chi connectivity index (χ3n) is 7.04. The fourth-order valence-corrected chi connectivity index (χ4v) is 5.35. The Morgan fingerprint density at radius 3 is 2.78 bits per heavy atom. The fourth-order valence-electron chi connectivity index (χ4n) is 5.35. The molecule has 3 aromatic heterocycles. The number of nitrogens with one attached hydrogen (secondary N) is 1. The van der Waals surface area contributed by atoms with Gasteiger partial charge in [-0.25, -0.2) is 4.98 Å². The molecule has 1 saturated carbocycles. The average molecular weight is 430 g/mol. The Labute approximate surface area is 189 Å². The molecule has 0 saturated heterocycles. The van der Waals surface area contributed by atoms with Gasteiger partial charge in [-0.3, -0.25) is 14.5 Å². The van der Waals surface area contributed by atoms with E-state index in [0.717, 1.165) is 55.3 Å². The topological polar surface area (TPSA) is 72.7 Å². The molecule has 166 valence electrons. The molecule has 1 amide bonds. The molecule has 3 aromatic rings. The monoisotopic (exact) mass is 429 g/mol. The molecule has 4 heterocycles. The Morgan fingerprint density at radius 2 is 1.97 bits per heavy atom. The van der Waals surface area contributed by atoms with Crippen LogP contribution in [0.1, 0.15) is 62.3 Å². The van der Waals surface area contributed by atoms with Gasteiger partial charge < -0.3 is 5.32 Å². The Kier molecular flexibility index (Phi) is 5.31. The number of carbonyl (C=O) groups excluding carboxylic acids is 1. The molecule has 2 atom stereocenters. The van der Waals surface area contributed by atoms with Gasteiger partial charge in [-0.15, -0.1) is 0 Å². The number of carbonyl (C=O) groups is 1. The van der Waals surface area contributed by atoms with Crippen molar-refractivity contribution in [3.8, 4) is 11.1 Å². The highest BCUT2D eigenvalue weighted by atomic mass is 16.1. The molecule has 1 fully saturated rings. The summed E-state index contributed by atoms with van der Waals surface area (Å²) in [5, 5.41) is 7.72. The van der Waals surface area contributed by atoms with E-state index in [1.165, 1.54) is 11.3 Å². The number of amides is 1. The molecule has 0 spiro atoms. The van der Waals surface area contributed by atoms with Crippen LogP contribution in [0.3, 0.4) is 0 Å². The van der Waals surface area contributed by atoms with Crippen LogP contribution in [0.25, 0.3) is 11.1 Å². The Morgan fingerprint density at radius 1 is 1.16 bits per heavy atom. The standard InChI is InChI=1S/C26H31N5O/c1-17-14-28-24(12-21(17)22-15-29-31-16-26(2,3)13-23(22)31)30-25(32)20-6-4-5-19(11-20)18-7-9-27-10-8-18/h7-10,12,14-15,19-20H,4-6,11,13,16H2,1-3H3,(H,28,30,32)/t19-,20-/m1/s1. The van der Waals surface area contributed by atoms with Gasteiger partial charge in [-0.05, 0) is 78.8 Å². The molecule has 6 heteroatoms. The number of aromatic nitrogens is 4. The SMILES string of the molecule is Cc1cnc(NC(=O)[C@@H]2CCC[C@@H](c3ccncc3)C2)cc1-c1cnn2c1CC(C)(C)C2. The van der Waals surface area contributed by atoms with Gasteiger partial charge in [0.15, 0.2) is 0 Å². The van der Waals surface area contributed by atoms with Crippen molar-refractivity contribution < 1.29 is 4.79 Å². The first-order valence-corrected chi connectivity index (χ1v) is 11.6. The summed E-state index contributed by atoms with van der Waals surface area (Å²) in [4.78, 5) is 21.8. The van der Waals surface area contributed by atoms with Crippen molar-refractivity contribution in [2.45, 2.75) is 65.3 Å². The summed E-state index contributed by atoms with van der Waals surface area (Å²) in [7, 11) is 0. The zero-order valence-electron chi connectivity index (χ0n) is 19.1. The van der Waals surface area contributed by atoms with E-state index in [0.29, 0.717) is 11.7 Å². The first-order valence-electron chi connectivity index (χ1n) is 11.6. The van der Waals surface area contributed by atoms with Gasteiger partial charge in [0.1, 0.15) is 5.82 Å². The van der Waals surface area contributed by atoms with Crippen molar-refractivity contribution >= 4 is 11.7 Å². The number of hydrogen-bond donors (Lipinski definition) is 1. The van der Waals surface area contributed by atoms with Gasteiger partial charge in [-0.1, -0.05) is 20.3 Å². The molecule has 1 aliphatic carbocycles. The summed E-state index contributed by atoms with van der Waals surface area (Å²) in [5.41, 5.74) is 6.14. The van der Waals surface area contributed by atoms with Crippen LogP contribution in [0.5, 0.6) is 0 Å². The van der Waals surface area contributed by atoms with Gasteiger partial charge in [0, 0.05) is 42.3 Å². The van der Waals surface area contributed by atoms with E-state index >= 15 is 0 Å². The Hall–Kier alpha value is -3.02. The second-order valence-corrected chi connectivity index (χ2v) is 10.2. The molecule has 2 aliphatic rings. The van der Waals surface area contributed by atoms with Crippen molar-refractivity contribution in [2.75, 3.05) is 5.32 Å². The molecular formula is C26H31N5O. The van der Waals surface area contributed by atoms with Gasteiger partial charge in [-0.2, -0.15) is 5.10 Å². The van der Waals surface area contributed by atoms with Crippen molar-refractivity contribution in [1.82, 2.24) is 19.7 Å². The highest BCUT2D eigenvalue weighted by molar-refractivity contribution is 5.92. The van der Waals surface area contributed by atoms with Crippen LogP contribution in [-0.2, 0) is 17.8 Å². The summed E-state index contributed by atoms with van der Waals surface area (Å²) in [6, 6.07) is 6.16. The smallest absolute Gasteiger partial charge is 0.228 e. The lowest BCUT2D eigenvalue weighted by molar-refractivity contribution is -0.120. The van der Waals surface area contributed by atoms with Gasteiger partial charge in [0.25, 0.3) is 0 Å². The lowest BCUT2D eigenvalue weighted by atomic mass is 9.78. The summed E-state index contributed by atoms with van der Waals surface area (Å²) in [6.07, 6.45) is 12.5. The van der Waals surface area contributed by atoms with E-state index in [-0.39, 0.29) is 17.2 Å². The van der Waals surface area contributed by atoms with Crippen LogP contribution < -0.4 is 5.32 Å². The maximum absolute atomic E-state index is 13.1. The van der Waals surface area contributed by atoms with Crippen LogP contribution >= 0.6 is 0 Å². The summed E-state index contributed by atoms with van der Waals surface area (Å²) in [6.45, 7) is 7.56. The minimum Gasteiger partial charge on any atom is -0.310 e. The third kappa shape index (κ3) is 4.06. The van der Waals surface area contributed by atoms with E-state index in [9.17, 15) is 4.79 Å². The second-order valence-electron chi connectivity index (χ2n) is 10.2. The quantitative estimate of drug-likeness (QED) is 0.623. The highest BCUT2D eigenvalue weighted by Crippen LogP contribution is 2.39. The van der Waals surface area contributed by atoms with Gasteiger partial charge in [0.2, 0.25) is 5.91 Å². The van der Waals surface area contributed by atoms with E-state index in [1.54, 1.807) is 0 Å². The summed E-state index contributed by atoms with van der Waals surface area (Å²) in [5.74, 6) is 1.13. The van der Waals surface area contributed by atoms with E-state index in [1.807, 2.05) is 30.9 Å². The summed E-state index contributed by atoms with van der Waals surface area (Å²) >= 11 is 0. The Bertz CT molecular complexity index is 1130. The van der Waals surface area contributed by atoms with Crippen LogP contribution in [0.2, 0.25) is 0 Å². The van der Waals surface area contributed by atoms with E-state index in [4.69, 9.17) is 0 Å². The number of pyridine rings is 2. The van der Waals surface area contributed by atoms with Crippen LogP contribution in [0, 0.1) is 18.3 Å². The number of rotatable bonds is 4. The molecule has 1 N–H and O–H groups in total. The second kappa shape index (κ2) is 8.15. The normalized spacial score (nSPS) is 21.8. The number of aryl methyl sites for hydroxylation is 1. The molecule has 5 rings (SSSR count). The molecule has 6 nitrogen and oxygen atoms in total. The lowest BCUT2D eigenvalue weighted by Gasteiger charge is -2.28. The number of fused-ring (bicyclic) bond motifs is 1. The van der Waals surface area contributed by atoms with Gasteiger partial charge in [0.05, 0.1) is 6.20 Å². The predicted octanol–water partition coefficient (Wildman–Crippen LogP) is 5.14. The first-order chi connectivity index (χ1) is 15.4. The molecule has 0 aromatic carbocycles. The lowest BCUT2D eigenvalue weighted by Crippen LogP contribution is -2.27. The molecule has 1 aliphatic heterocycles. The highest BCUT2D eigenvalue weighted by Gasteiger charge is 2.32. The zero-order valence-corrected chi connectivity index (χ0v) is 19.1.